The molecule has 1 heterocycles. The molecule has 0 aromatic heterocycles. The van der Waals surface area contributed by atoms with E-state index in [-0.39, 0.29) is 18.3 Å². The lowest BCUT2D eigenvalue weighted by atomic mass is 9.95. The van der Waals surface area contributed by atoms with Crippen molar-refractivity contribution in [2.45, 2.75) is 32.7 Å². The summed E-state index contributed by atoms with van der Waals surface area (Å²) in [5.74, 6) is 1.38. The van der Waals surface area contributed by atoms with Crippen molar-refractivity contribution in [2.24, 2.45) is 17.6 Å². The second-order valence-corrected chi connectivity index (χ2v) is 5.87. The van der Waals surface area contributed by atoms with Gasteiger partial charge in [-0.3, -0.25) is 4.79 Å². The fourth-order valence-electron chi connectivity index (χ4n) is 2.72. The highest BCUT2D eigenvalue weighted by molar-refractivity contribution is 5.85. The maximum atomic E-state index is 12.3. The van der Waals surface area contributed by atoms with E-state index in [4.69, 9.17) is 5.73 Å². The molecule has 2 rings (SSSR count). The van der Waals surface area contributed by atoms with E-state index < -0.39 is 6.04 Å². The molecule has 1 aliphatic rings. The highest BCUT2D eigenvalue weighted by Gasteiger charge is 2.30. The minimum atomic E-state index is -0.409. The molecule has 1 aromatic carbocycles. The van der Waals surface area contributed by atoms with Gasteiger partial charge in [0.15, 0.2) is 0 Å². The summed E-state index contributed by atoms with van der Waals surface area (Å²) in [5.41, 5.74) is 7.19. The van der Waals surface area contributed by atoms with Crippen molar-refractivity contribution in [3.63, 3.8) is 0 Å². The third-order valence-corrected chi connectivity index (χ3v) is 4.09. The molecule has 1 amide bonds. The zero-order valence-electron chi connectivity index (χ0n) is 12.3. The summed E-state index contributed by atoms with van der Waals surface area (Å²) in [6, 6.07) is 9.58. The largest absolute Gasteiger partial charge is 0.341 e. The van der Waals surface area contributed by atoms with E-state index in [1.165, 1.54) is 0 Å². The quantitative estimate of drug-likeness (QED) is 0.928. The zero-order chi connectivity index (χ0) is 13.8. The number of rotatable bonds is 4. The normalized spacial score (nSPS) is 19.8. The average Bonchev–Trinajstić information content (AvgIpc) is 2.88. The topological polar surface area (TPSA) is 46.3 Å². The monoisotopic (exact) mass is 296 g/mol. The molecule has 112 valence electrons. The van der Waals surface area contributed by atoms with Gasteiger partial charge in [0.2, 0.25) is 5.91 Å². The zero-order valence-corrected chi connectivity index (χ0v) is 13.1. The van der Waals surface area contributed by atoms with Gasteiger partial charge in [0.05, 0.1) is 6.04 Å². The van der Waals surface area contributed by atoms with Crippen LogP contribution in [0.25, 0.3) is 0 Å². The summed E-state index contributed by atoms with van der Waals surface area (Å²) in [6.45, 7) is 6.19. The maximum Gasteiger partial charge on any atom is 0.239 e. The predicted molar refractivity (Wildman–Crippen MR) is 84.9 cm³/mol. The summed E-state index contributed by atoms with van der Waals surface area (Å²) < 4.78 is 0. The van der Waals surface area contributed by atoms with Crippen LogP contribution in [0.5, 0.6) is 0 Å². The van der Waals surface area contributed by atoms with Gasteiger partial charge in [0.1, 0.15) is 0 Å². The first kappa shape index (κ1) is 17.0. The fourth-order valence-corrected chi connectivity index (χ4v) is 2.72. The van der Waals surface area contributed by atoms with E-state index in [1.807, 2.05) is 35.2 Å². The van der Waals surface area contributed by atoms with Crippen molar-refractivity contribution < 1.29 is 4.79 Å². The molecule has 3 nitrogen and oxygen atoms in total. The number of likely N-dealkylation sites (tertiary alicyclic amines) is 1. The first-order valence-electron chi connectivity index (χ1n) is 7.16. The average molecular weight is 297 g/mol. The van der Waals surface area contributed by atoms with Gasteiger partial charge in [-0.1, -0.05) is 44.2 Å². The molecule has 1 aromatic rings. The molecular formula is C16H25ClN2O. The lowest BCUT2D eigenvalue weighted by Crippen LogP contribution is -2.44. The fraction of sp³-hybridized carbons (Fsp3) is 0.562. The molecule has 4 heteroatoms. The van der Waals surface area contributed by atoms with E-state index in [2.05, 4.69) is 13.8 Å². The van der Waals surface area contributed by atoms with Crippen LogP contribution in [-0.4, -0.2) is 29.9 Å². The van der Waals surface area contributed by atoms with Gasteiger partial charge >= 0.3 is 0 Å². The Kier molecular flexibility index (Phi) is 6.50. The molecule has 20 heavy (non-hydrogen) atoms. The summed E-state index contributed by atoms with van der Waals surface area (Å²) in [7, 11) is 0. The van der Waals surface area contributed by atoms with Crippen molar-refractivity contribution in [1.82, 2.24) is 4.90 Å². The van der Waals surface area contributed by atoms with Crippen LogP contribution in [0.4, 0.5) is 0 Å². The summed E-state index contributed by atoms with van der Waals surface area (Å²) in [6.07, 6.45) is 1.74. The first-order valence-corrected chi connectivity index (χ1v) is 7.16. The van der Waals surface area contributed by atoms with Crippen molar-refractivity contribution in [3.8, 4) is 0 Å². The SMILES string of the molecule is CC(C)C1CCN(C(=O)[C@@H](N)Cc2ccccc2)C1.Cl. The van der Waals surface area contributed by atoms with Gasteiger partial charge in [-0.15, -0.1) is 12.4 Å². The van der Waals surface area contributed by atoms with E-state index in [0.717, 1.165) is 25.1 Å². The number of carbonyl (C=O) groups excluding carboxylic acids is 1. The molecule has 0 saturated carbocycles. The highest BCUT2D eigenvalue weighted by atomic mass is 35.5. The van der Waals surface area contributed by atoms with E-state index >= 15 is 0 Å². The van der Waals surface area contributed by atoms with Crippen molar-refractivity contribution in [3.05, 3.63) is 35.9 Å². The molecule has 0 spiro atoms. The molecule has 1 saturated heterocycles. The molecule has 0 radical (unpaired) electrons. The molecule has 1 unspecified atom stereocenters. The Morgan fingerprint density at radius 2 is 2.00 bits per heavy atom. The minimum Gasteiger partial charge on any atom is -0.341 e. The third kappa shape index (κ3) is 4.22. The first-order chi connectivity index (χ1) is 9.08. The predicted octanol–water partition coefficient (Wildman–Crippen LogP) is 2.48. The van der Waals surface area contributed by atoms with Crippen molar-refractivity contribution >= 4 is 18.3 Å². The van der Waals surface area contributed by atoms with Crippen LogP contribution in [0.3, 0.4) is 0 Å². The molecule has 2 N–H and O–H groups in total. The Balaban J connectivity index is 0.00000200. The van der Waals surface area contributed by atoms with E-state index in [1.54, 1.807) is 0 Å². The Hall–Kier alpha value is -1.06. The highest BCUT2D eigenvalue weighted by Crippen LogP contribution is 2.24. The van der Waals surface area contributed by atoms with Gasteiger partial charge in [-0.05, 0) is 30.2 Å². The van der Waals surface area contributed by atoms with Crippen molar-refractivity contribution in [1.29, 1.82) is 0 Å². The van der Waals surface area contributed by atoms with Crippen LogP contribution in [0, 0.1) is 11.8 Å². The van der Waals surface area contributed by atoms with Gasteiger partial charge < -0.3 is 10.6 Å². The number of amides is 1. The third-order valence-electron chi connectivity index (χ3n) is 4.09. The Morgan fingerprint density at radius 1 is 1.35 bits per heavy atom. The molecule has 1 fully saturated rings. The number of halogens is 1. The Bertz CT molecular complexity index is 422. The Labute approximate surface area is 127 Å². The number of hydrogen-bond acceptors (Lipinski definition) is 2. The standard InChI is InChI=1S/C16H24N2O.ClH/c1-12(2)14-8-9-18(11-14)16(19)15(17)10-13-6-4-3-5-7-13;/h3-7,12,14-15H,8-11,17H2,1-2H3;1H/t14?,15-;/m0./s1. The number of carbonyl (C=O) groups is 1. The summed E-state index contributed by atoms with van der Waals surface area (Å²) >= 11 is 0. The smallest absolute Gasteiger partial charge is 0.239 e. The van der Waals surface area contributed by atoms with Gasteiger partial charge in [-0.25, -0.2) is 0 Å². The molecule has 1 aliphatic heterocycles. The second kappa shape index (κ2) is 7.65. The van der Waals surface area contributed by atoms with Crippen LogP contribution in [0.1, 0.15) is 25.8 Å². The van der Waals surface area contributed by atoms with Crippen LogP contribution in [0.15, 0.2) is 30.3 Å². The minimum absolute atomic E-state index is 0. The van der Waals surface area contributed by atoms with Crippen LogP contribution in [-0.2, 0) is 11.2 Å². The van der Waals surface area contributed by atoms with Gasteiger partial charge in [-0.2, -0.15) is 0 Å². The van der Waals surface area contributed by atoms with Crippen LogP contribution in [0.2, 0.25) is 0 Å². The maximum absolute atomic E-state index is 12.3. The Morgan fingerprint density at radius 3 is 2.55 bits per heavy atom. The van der Waals surface area contributed by atoms with Gasteiger partial charge in [0, 0.05) is 13.1 Å². The number of nitrogens with two attached hydrogens (primary N) is 1. The molecule has 2 atom stereocenters. The second-order valence-electron chi connectivity index (χ2n) is 5.87. The lowest BCUT2D eigenvalue weighted by molar-refractivity contribution is -0.131. The number of benzene rings is 1. The molecule has 0 bridgehead atoms. The van der Waals surface area contributed by atoms with Crippen molar-refractivity contribution in [2.75, 3.05) is 13.1 Å². The van der Waals surface area contributed by atoms with Gasteiger partial charge in [0.25, 0.3) is 0 Å². The number of nitrogens with zero attached hydrogens (tertiary/aromatic N) is 1. The molecular weight excluding hydrogens is 272 g/mol. The number of hydrogen-bond donors (Lipinski definition) is 1. The summed E-state index contributed by atoms with van der Waals surface area (Å²) in [4.78, 5) is 14.3. The summed E-state index contributed by atoms with van der Waals surface area (Å²) in [5, 5.41) is 0. The van der Waals surface area contributed by atoms with E-state index in [9.17, 15) is 4.79 Å². The lowest BCUT2D eigenvalue weighted by Gasteiger charge is -2.22. The van der Waals surface area contributed by atoms with Crippen LogP contribution >= 0.6 is 12.4 Å². The van der Waals surface area contributed by atoms with E-state index in [0.29, 0.717) is 18.3 Å². The molecule has 0 aliphatic carbocycles. The van der Waals surface area contributed by atoms with Crippen LogP contribution < -0.4 is 5.73 Å².